The van der Waals surface area contributed by atoms with Gasteiger partial charge in [-0.1, -0.05) is 13.8 Å². The second-order valence-corrected chi connectivity index (χ2v) is 6.65. The molecular weight excluding hydrogens is 234 g/mol. The monoisotopic (exact) mass is 257 g/mol. The number of nitrogens with one attached hydrogen (secondary N) is 1. The summed E-state index contributed by atoms with van der Waals surface area (Å²) in [6, 6.07) is -0.354. The minimum absolute atomic E-state index is 0.0622. The van der Waals surface area contributed by atoms with E-state index in [1.54, 1.807) is 20.8 Å². The van der Waals surface area contributed by atoms with Crippen LogP contribution in [0.2, 0.25) is 0 Å². The second-order valence-electron chi connectivity index (χ2n) is 6.65. The van der Waals surface area contributed by atoms with Crippen LogP contribution in [0, 0.1) is 11.3 Å². The minimum atomic E-state index is -0.904. The number of carboxylic acid groups (broad SMARTS) is 1. The maximum atomic E-state index is 11.7. The van der Waals surface area contributed by atoms with Crippen LogP contribution in [0.3, 0.4) is 0 Å². The molecule has 1 fully saturated rings. The highest BCUT2D eigenvalue weighted by atomic mass is 16.6. The van der Waals surface area contributed by atoms with E-state index in [0.29, 0.717) is 0 Å². The Morgan fingerprint density at radius 3 is 2.28 bits per heavy atom. The summed E-state index contributed by atoms with van der Waals surface area (Å²) in [7, 11) is 0. The van der Waals surface area contributed by atoms with Gasteiger partial charge < -0.3 is 15.2 Å². The summed E-state index contributed by atoms with van der Waals surface area (Å²) in [4.78, 5) is 22.5. The predicted molar refractivity (Wildman–Crippen MR) is 67.3 cm³/mol. The molecule has 1 aliphatic carbocycles. The van der Waals surface area contributed by atoms with Gasteiger partial charge >= 0.3 is 12.1 Å². The number of amides is 1. The molecule has 104 valence electrons. The van der Waals surface area contributed by atoms with Gasteiger partial charge in [-0.2, -0.15) is 0 Å². The Morgan fingerprint density at radius 1 is 1.44 bits per heavy atom. The molecule has 0 aromatic heterocycles. The van der Waals surface area contributed by atoms with Crippen LogP contribution in [0.1, 0.15) is 47.5 Å². The Balaban J connectivity index is 2.57. The fraction of sp³-hybridized carbons (Fsp3) is 0.846. The van der Waals surface area contributed by atoms with Gasteiger partial charge in [0.2, 0.25) is 0 Å². The number of rotatable bonds is 4. The lowest BCUT2D eigenvalue weighted by Crippen LogP contribution is -2.42. The molecule has 0 radical (unpaired) electrons. The van der Waals surface area contributed by atoms with Crippen LogP contribution in [0.25, 0.3) is 0 Å². The molecule has 0 spiro atoms. The Kier molecular flexibility index (Phi) is 3.93. The molecule has 18 heavy (non-hydrogen) atoms. The van der Waals surface area contributed by atoms with Gasteiger partial charge in [-0.05, 0) is 38.5 Å². The third-order valence-corrected chi connectivity index (χ3v) is 3.17. The number of hydrogen-bond acceptors (Lipinski definition) is 3. The van der Waals surface area contributed by atoms with Crippen LogP contribution in [-0.2, 0) is 9.53 Å². The fourth-order valence-electron chi connectivity index (χ4n) is 2.14. The van der Waals surface area contributed by atoms with Gasteiger partial charge in [-0.25, -0.2) is 4.79 Å². The second kappa shape index (κ2) is 4.78. The Bertz CT molecular complexity index is 343. The molecule has 0 aliphatic heterocycles. The number of carboxylic acids is 1. The first-order valence-electron chi connectivity index (χ1n) is 6.22. The molecule has 0 saturated heterocycles. The Hall–Kier alpha value is -1.26. The first-order valence-corrected chi connectivity index (χ1v) is 6.22. The first kappa shape index (κ1) is 14.8. The molecular formula is C13H23NO4. The SMILES string of the molecule is CC(C)(C)OC(=O)N[C@@H](CC(=O)O)C1CC1(C)C. The van der Waals surface area contributed by atoms with Crippen molar-refractivity contribution in [3.63, 3.8) is 0 Å². The summed E-state index contributed by atoms with van der Waals surface area (Å²) in [6.45, 7) is 9.48. The van der Waals surface area contributed by atoms with Gasteiger partial charge in [0.25, 0.3) is 0 Å². The van der Waals surface area contributed by atoms with Gasteiger partial charge in [-0.15, -0.1) is 0 Å². The summed E-state index contributed by atoms with van der Waals surface area (Å²) >= 11 is 0. The van der Waals surface area contributed by atoms with E-state index < -0.39 is 17.7 Å². The molecule has 2 atom stereocenters. The van der Waals surface area contributed by atoms with Crippen molar-refractivity contribution in [1.29, 1.82) is 0 Å². The van der Waals surface area contributed by atoms with E-state index in [1.165, 1.54) is 0 Å². The number of carbonyl (C=O) groups excluding carboxylic acids is 1. The van der Waals surface area contributed by atoms with E-state index >= 15 is 0 Å². The van der Waals surface area contributed by atoms with Gasteiger partial charge in [0, 0.05) is 6.04 Å². The number of aliphatic carboxylic acids is 1. The van der Waals surface area contributed by atoms with Crippen molar-refractivity contribution < 1.29 is 19.4 Å². The molecule has 1 aliphatic rings. The van der Waals surface area contributed by atoms with Crippen molar-refractivity contribution in [1.82, 2.24) is 5.32 Å². The van der Waals surface area contributed by atoms with Gasteiger partial charge in [0.05, 0.1) is 6.42 Å². The third-order valence-electron chi connectivity index (χ3n) is 3.17. The highest BCUT2D eigenvalue weighted by Gasteiger charge is 2.51. The molecule has 1 saturated carbocycles. The molecule has 5 heteroatoms. The van der Waals surface area contributed by atoms with E-state index in [-0.39, 0.29) is 23.8 Å². The average Bonchev–Trinajstić information content (AvgIpc) is 2.69. The standard InChI is InChI=1S/C13H23NO4/c1-12(2,3)18-11(17)14-9(6-10(15)16)8-7-13(8,4)5/h8-9H,6-7H2,1-5H3,(H,14,17)(H,15,16)/t8?,9-/m0/s1. The highest BCUT2D eigenvalue weighted by Crippen LogP contribution is 2.54. The van der Waals surface area contributed by atoms with Crippen molar-refractivity contribution in [3.05, 3.63) is 0 Å². The van der Waals surface area contributed by atoms with Gasteiger partial charge in [0.1, 0.15) is 5.60 Å². The smallest absolute Gasteiger partial charge is 0.407 e. The summed E-state index contributed by atoms with van der Waals surface area (Å²) < 4.78 is 5.15. The van der Waals surface area contributed by atoms with Crippen molar-refractivity contribution in [2.24, 2.45) is 11.3 Å². The zero-order valence-corrected chi connectivity index (χ0v) is 11.7. The highest BCUT2D eigenvalue weighted by molar-refractivity contribution is 5.71. The number of hydrogen-bond donors (Lipinski definition) is 2. The summed E-state index contributed by atoms with van der Waals surface area (Å²) in [6.07, 6.45) is 0.324. The molecule has 0 aromatic carbocycles. The van der Waals surface area contributed by atoms with Crippen LogP contribution in [0.15, 0.2) is 0 Å². The van der Waals surface area contributed by atoms with E-state index in [1.807, 2.05) is 0 Å². The molecule has 0 aromatic rings. The largest absolute Gasteiger partial charge is 0.481 e. The lowest BCUT2D eigenvalue weighted by molar-refractivity contribution is -0.137. The molecule has 0 bridgehead atoms. The van der Waals surface area contributed by atoms with Crippen molar-refractivity contribution in [2.45, 2.75) is 59.1 Å². The van der Waals surface area contributed by atoms with E-state index in [9.17, 15) is 9.59 Å². The molecule has 5 nitrogen and oxygen atoms in total. The molecule has 0 heterocycles. The molecule has 1 unspecified atom stereocenters. The van der Waals surface area contributed by atoms with Crippen LogP contribution in [0.4, 0.5) is 4.79 Å². The van der Waals surface area contributed by atoms with E-state index in [4.69, 9.17) is 9.84 Å². The first-order chi connectivity index (χ1) is 8.01. The summed E-state index contributed by atoms with van der Waals surface area (Å²) in [5, 5.41) is 11.6. The summed E-state index contributed by atoms with van der Waals surface area (Å²) in [5.41, 5.74) is -0.466. The summed E-state index contributed by atoms with van der Waals surface area (Å²) in [5.74, 6) is -0.695. The van der Waals surface area contributed by atoms with E-state index in [2.05, 4.69) is 19.2 Å². The number of ether oxygens (including phenoxy) is 1. The molecule has 1 amide bonds. The molecule has 1 rings (SSSR count). The van der Waals surface area contributed by atoms with Crippen LogP contribution >= 0.6 is 0 Å². The van der Waals surface area contributed by atoms with Crippen molar-refractivity contribution in [2.75, 3.05) is 0 Å². The predicted octanol–water partition coefficient (Wildman–Crippen LogP) is 2.40. The Labute approximate surface area is 108 Å². The quantitative estimate of drug-likeness (QED) is 0.811. The van der Waals surface area contributed by atoms with Gasteiger partial charge in [0.15, 0.2) is 0 Å². The lowest BCUT2D eigenvalue weighted by atomic mass is 10.0. The minimum Gasteiger partial charge on any atom is -0.481 e. The maximum Gasteiger partial charge on any atom is 0.407 e. The average molecular weight is 257 g/mol. The fourth-order valence-corrected chi connectivity index (χ4v) is 2.14. The van der Waals surface area contributed by atoms with Crippen molar-refractivity contribution >= 4 is 12.1 Å². The van der Waals surface area contributed by atoms with Crippen molar-refractivity contribution in [3.8, 4) is 0 Å². The maximum absolute atomic E-state index is 11.7. The third kappa shape index (κ3) is 4.55. The zero-order chi connectivity index (χ0) is 14.1. The number of carbonyl (C=O) groups is 2. The lowest BCUT2D eigenvalue weighted by Gasteiger charge is -2.23. The Morgan fingerprint density at radius 2 is 1.94 bits per heavy atom. The normalized spacial score (nSPS) is 23.1. The van der Waals surface area contributed by atoms with E-state index in [0.717, 1.165) is 6.42 Å². The van der Waals surface area contributed by atoms with Gasteiger partial charge in [-0.3, -0.25) is 4.79 Å². The van der Waals surface area contributed by atoms with Crippen LogP contribution < -0.4 is 5.32 Å². The topological polar surface area (TPSA) is 75.6 Å². The molecule has 2 N–H and O–H groups in total. The number of alkyl carbamates (subject to hydrolysis) is 1. The zero-order valence-electron chi connectivity index (χ0n) is 11.7. The van der Waals surface area contributed by atoms with Crippen LogP contribution in [-0.4, -0.2) is 28.8 Å². The van der Waals surface area contributed by atoms with Crippen LogP contribution in [0.5, 0.6) is 0 Å².